The highest BCUT2D eigenvalue weighted by atomic mass is 15.2. The van der Waals surface area contributed by atoms with E-state index in [9.17, 15) is 0 Å². The molecule has 112 valence electrons. The van der Waals surface area contributed by atoms with Crippen LogP contribution in [-0.4, -0.2) is 29.3 Å². The van der Waals surface area contributed by atoms with Crippen LogP contribution in [0, 0.1) is 0 Å². The van der Waals surface area contributed by atoms with Crippen molar-refractivity contribution in [3.63, 3.8) is 0 Å². The molecule has 0 unspecified atom stereocenters. The minimum Gasteiger partial charge on any atom is -0.361 e. The number of H-pyrrole nitrogens is 1. The first-order chi connectivity index (χ1) is 10.7. The van der Waals surface area contributed by atoms with E-state index in [1.807, 2.05) is 43.3 Å². The zero-order chi connectivity index (χ0) is 15.5. The van der Waals surface area contributed by atoms with Crippen LogP contribution in [0.15, 0.2) is 48.8 Å². The van der Waals surface area contributed by atoms with Crippen LogP contribution in [0.5, 0.6) is 0 Å². The Morgan fingerprint density at radius 2 is 1.86 bits per heavy atom. The van der Waals surface area contributed by atoms with E-state index in [4.69, 9.17) is 5.73 Å². The summed E-state index contributed by atoms with van der Waals surface area (Å²) in [7, 11) is 3.97. The molecule has 3 N–H and O–H groups in total. The van der Waals surface area contributed by atoms with Crippen molar-refractivity contribution in [1.29, 1.82) is 0 Å². The summed E-state index contributed by atoms with van der Waals surface area (Å²) in [5.41, 5.74) is 11.1. The Morgan fingerprint density at radius 3 is 2.55 bits per heavy atom. The van der Waals surface area contributed by atoms with Crippen LogP contribution in [0.25, 0.3) is 22.4 Å². The minimum absolute atomic E-state index is 0.521. The first-order valence-electron chi connectivity index (χ1n) is 7.16. The topological polar surface area (TPSA) is 70.8 Å². The van der Waals surface area contributed by atoms with Crippen LogP contribution in [0.3, 0.4) is 0 Å². The minimum atomic E-state index is 0.521. The highest BCUT2D eigenvalue weighted by Crippen LogP contribution is 2.37. The van der Waals surface area contributed by atoms with Gasteiger partial charge in [0.2, 0.25) is 0 Å². The van der Waals surface area contributed by atoms with Gasteiger partial charge in [-0.2, -0.15) is 5.10 Å². The molecule has 0 saturated carbocycles. The maximum absolute atomic E-state index is 5.76. The lowest BCUT2D eigenvalue weighted by Crippen LogP contribution is -2.10. The molecular weight excluding hydrogens is 274 g/mol. The van der Waals surface area contributed by atoms with Crippen molar-refractivity contribution in [3.8, 4) is 22.4 Å². The Labute approximate surface area is 129 Å². The van der Waals surface area contributed by atoms with E-state index >= 15 is 0 Å². The van der Waals surface area contributed by atoms with E-state index in [-0.39, 0.29) is 0 Å². The van der Waals surface area contributed by atoms with E-state index in [0.717, 1.165) is 33.8 Å². The summed E-state index contributed by atoms with van der Waals surface area (Å²) in [6.07, 6.45) is 3.59. The number of nitrogens with zero attached hydrogens (tertiary/aromatic N) is 3. The lowest BCUT2D eigenvalue weighted by Gasteiger charge is -2.12. The zero-order valence-corrected chi connectivity index (χ0v) is 12.7. The van der Waals surface area contributed by atoms with Gasteiger partial charge in [-0.3, -0.25) is 10.1 Å². The van der Waals surface area contributed by atoms with Gasteiger partial charge in [-0.15, -0.1) is 0 Å². The van der Waals surface area contributed by atoms with Gasteiger partial charge in [0.05, 0.1) is 11.3 Å². The molecule has 0 amide bonds. The van der Waals surface area contributed by atoms with Gasteiger partial charge in [0.15, 0.2) is 5.82 Å². The first kappa shape index (κ1) is 14.3. The SMILES string of the molecule is CN(C)c1n[nH]c(-c2cccc(CN)c2)c1-c1ccncc1. The molecule has 0 bridgehead atoms. The number of anilines is 1. The molecule has 2 aromatic heterocycles. The molecule has 0 atom stereocenters. The summed E-state index contributed by atoms with van der Waals surface area (Å²) in [6.45, 7) is 0.521. The lowest BCUT2D eigenvalue weighted by atomic mass is 10.00. The van der Waals surface area contributed by atoms with Crippen LogP contribution < -0.4 is 10.6 Å². The summed E-state index contributed by atoms with van der Waals surface area (Å²) in [6, 6.07) is 12.2. The molecule has 5 nitrogen and oxygen atoms in total. The molecule has 0 spiro atoms. The Hall–Kier alpha value is -2.66. The second-order valence-electron chi connectivity index (χ2n) is 5.33. The van der Waals surface area contributed by atoms with Gasteiger partial charge in [0.1, 0.15) is 0 Å². The number of nitrogens with two attached hydrogens (primary N) is 1. The summed E-state index contributed by atoms with van der Waals surface area (Å²) in [5, 5.41) is 7.64. The molecule has 22 heavy (non-hydrogen) atoms. The van der Waals surface area contributed by atoms with Crippen molar-refractivity contribution >= 4 is 5.82 Å². The van der Waals surface area contributed by atoms with E-state index < -0.39 is 0 Å². The maximum Gasteiger partial charge on any atom is 0.158 e. The van der Waals surface area contributed by atoms with Crippen LogP contribution in [-0.2, 0) is 6.54 Å². The highest BCUT2D eigenvalue weighted by molar-refractivity contribution is 5.88. The van der Waals surface area contributed by atoms with Gasteiger partial charge >= 0.3 is 0 Å². The summed E-state index contributed by atoms with van der Waals surface area (Å²) >= 11 is 0. The number of aromatic amines is 1. The summed E-state index contributed by atoms with van der Waals surface area (Å²) < 4.78 is 0. The second-order valence-corrected chi connectivity index (χ2v) is 5.33. The third kappa shape index (κ3) is 2.58. The quantitative estimate of drug-likeness (QED) is 0.776. The Kier molecular flexibility index (Phi) is 3.89. The molecule has 0 aliphatic carbocycles. The van der Waals surface area contributed by atoms with Gasteiger partial charge in [0, 0.05) is 38.6 Å². The fourth-order valence-corrected chi connectivity index (χ4v) is 2.51. The predicted molar refractivity (Wildman–Crippen MR) is 89.5 cm³/mol. The van der Waals surface area contributed by atoms with Crippen LogP contribution in [0.4, 0.5) is 5.82 Å². The molecule has 1 aromatic carbocycles. The van der Waals surface area contributed by atoms with Gasteiger partial charge in [0.25, 0.3) is 0 Å². The standard InChI is InChI=1S/C17H19N5/c1-22(2)17-15(13-6-8-19-9-7-13)16(20-21-17)14-5-3-4-12(10-14)11-18/h3-10H,11,18H2,1-2H3,(H,20,21). The highest BCUT2D eigenvalue weighted by Gasteiger charge is 2.18. The van der Waals surface area contributed by atoms with Gasteiger partial charge < -0.3 is 10.6 Å². The molecule has 0 aliphatic rings. The van der Waals surface area contributed by atoms with Crippen LogP contribution in [0.2, 0.25) is 0 Å². The molecule has 0 fully saturated rings. The number of benzene rings is 1. The molecule has 2 heterocycles. The number of nitrogens with one attached hydrogen (secondary N) is 1. The number of pyridine rings is 1. The number of hydrogen-bond donors (Lipinski definition) is 2. The number of hydrogen-bond acceptors (Lipinski definition) is 4. The third-order valence-electron chi connectivity index (χ3n) is 3.59. The lowest BCUT2D eigenvalue weighted by molar-refractivity contribution is 1.01. The average Bonchev–Trinajstić information content (AvgIpc) is 3.01. The first-order valence-corrected chi connectivity index (χ1v) is 7.16. The van der Waals surface area contributed by atoms with Gasteiger partial charge in [-0.1, -0.05) is 18.2 Å². The van der Waals surface area contributed by atoms with Crippen molar-refractivity contribution in [1.82, 2.24) is 15.2 Å². The molecule has 3 rings (SSSR count). The maximum atomic E-state index is 5.76. The zero-order valence-electron chi connectivity index (χ0n) is 12.7. The van der Waals surface area contributed by atoms with E-state index in [2.05, 4.69) is 27.3 Å². The van der Waals surface area contributed by atoms with E-state index in [1.54, 1.807) is 12.4 Å². The smallest absolute Gasteiger partial charge is 0.158 e. The fourth-order valence-electron chi connectivity index (χ4n) is 2.51. The number of rotatable bonds is 4. The molecule has 3 aromatic rings. The van der Waals surface area contributed by atoms with Crippen LogP contribution in [0.1, 0.15) is 5.56 Å². The fraction of sp³-hybridized carbons (Fsp3) is 0.176. The largest absolute Gasteiger partial charge is 0.361 e. The monoisotopic (exact) mass is 293 g/mol. The molecule has 0 aliphatic heterocycles. The number of aromatic nitrogens is 3. The van der Waals surface area contributed by atoms with Crippen molar-refractivity contribution in [2.75, 3.05) is 19.0 Å². The van der Waals surface area contributed by atoms with E-state index in [1.165, 1.54) is 0 Å². The molecular formula is C17H19N5. The second kappa shape index (κ2) is 5.99. The van der Waals surface area contributed by atoms with Crippen molar-refractivity contribution in [2.24, 2.45) is 5.73 Å². The van der Waals surface area contributed by atoms with Crippen molar-refractivity contribution < 1.29 is 0 Å². The Balaban J connectivity index is 2.20. The summed E-state index contributed by atoms with van der Waals surface area (Å²) in [4.78, 5) is 6.10. The predicted octanol–water partition coefficient (Wildman–Crippen LogP) is 2.66. The van der Waals surface area contributed by atoms with Crippen molar-refractivity contribution in [3.05, 3.63) is 54.4 Å². The van der Waals surface area contributed by atoms with Gasteiger partial charge in [-0.25, -0.2) is 0 Å². The normalized spacial score (nSPS) is 10.7. The molecule has 0 saturated heterocycles. The Morgan fingerprint density at radius 1 is 1.09 bits per heavy atom. The molecule has 0 radical (unpaired) electrons. The van der Waals surface area contributed by atoms with Gasteiger partial charge in [-0.05, 0) is 29.3 Å². The summed E-state index contributed by atoms with van der Waals surface area (Å²) in [5.74, 6) is 0.902. The van der Waals surface area contributed by atoms with Crippen molar-refractivity contribution in [2.45, 2.75) is 6.54 Å². The van der Waals surface area contributed by atoms with E-state index in [0.29, 0.717) is 6.54 Å². The molecule has 5 heteroatoms. The third-order valence-corrected chi connectivity index (χ3v) is 3.59. The average molecular weight is 293 g/mol. The van der Waals surface area contributed by atoms with Crippen LogP contribution >= 0.6 is 0 Å². The Bertz CT molecular complexity index is 762.